The Labute approximate surface area is 176 Å². The molecule has 3 nitrogen and oxygen atoms in total. The molecule has 0 aliphatic carbocycles. The average molecular weight is 397 g/mol. The van der Waals surface area contributed by atoms with Crippen LogP contribution in [0.25, 0.3) is 5.57 Å². The van der Waals surface area contributed by atoms with Gasteiger partial charge in [-0.2, -0.15) is 0 Å². The Morgan fingerprint density at radius 1 is 1.00 bits per heavy atom. The third-order valence-electron chi connectivity index (χ3n) is 5.73. The highest BCUT2D eigenvalue weighted by Crippen LogP contribution is 2.23. The van der Waals surface area contributed by atoms with Crippen molar-refractivity contribution in [1.82, 2.24) is 0 Å². The van der Waals surface area contributed by atoms with Crippen LogP contribution >= 0.6 is 0 Å². The first-order valence-corrected chi connectivity index (χ1v) is 10.8. The number of aliphatic hydroxyl groups is 2. The monoisotopic (exact) mass is 396 g/mol. The Kier molecular flexibility index (Phi) is 9.96. The number of aliphatic hydroxyl groups excluding tert-OH is 2. The summed E-state index contributed by atoms with van der Waals surface area (Å²) in [5.41, 5.74) is 4.95. The molecule has 0 radical (unpaired) electrons. The second kappa shape index (κ2) is 12.5. The van der Waals surface area contributed by atoms with Crippen molar-refractivity contribution in [2.24, 2.45) is 5.92 Å². The van der Waals surface area contributed by atoms with Crippen molar-refractivity contribution in [3.05, 3.63) is 70.8 Å². The highest BCUT2D eigenvalue weighted by atomic mass is 16.5. The fourth-order valence-electron chi connectivity index (χ4n) is 3.61. The molecule has 0 amide bonds. The van der Waals surface area contributed by atoms with Crippen molar-refractivity contribution < 1.29 is 14.9 Å². The van der Waals surface area contributed by atoms with Gasteiger partial charge in [-0.25, -0.2) is 0 Å². The zero-order chi connectivity index (χ0) is 21.1. The van der Waals surface area contributed by atoms with Crippen molar-refractivity contribution in [2.45, 2.75) is 72.7 Å². The Hall–Kier alpha value is -2.10. The largest absolute Gasteiger partial charge is 0.489 e. The first kappa shape index (κ1) is 23.2. The van der Waals surface area contributed by atoms with E-state index >= 15 is 0 Å². The SMILES string of the molecule is CCC(CC)CCC/C=C(\C)c1cccc(OCc2ccc(CO)c(CO)c2)c1. The second-order valence-corrected chi connectivity index (χ2v) is 7.74. The van der Waals surface area contributed by atoms with E-state index in [-0.39, 0.29) is 13.2 Å². The van der Waals surface area contributed by atoms with E-state index in [0.29, 0.717) is 6.61 Å². The van der Waals surface area contributed by atoms with E-state index in [9.17, 15) is 10.2 Å². The van der Waals surface area contributed by atoms with Gasteiger partial charge >= 0.3 is 0 Å². The van der Waals surface area contributed by atoms with Gasteiger partial charge in [0.2, 0.25) is 0 Å². The normalized spacial score (nSPS) is 11.9. The molecule has 29 heavy (non-hydrogen) atoms. The van der Waals surface area contributed by atoms with Gasteiger partial charge in [-0.1, -0.05) is 63.5 Å². The fourth-order valence-corrected chi connectivity index (χ4v) is 3.61. The molecule has 2 rings (SSSR count). The van der Waals surface area contributed by atoms with Crippen LogP contribution in [0.4, 0.5) is 0 Å². The Balaban J connectivity index is 1.94. The summed E-state index contributed by atoms with van der Waals surface area (Å²) in [7, 11) is 0. The number of benzene rings is 2. The molecular formula is C26H36O3. The Morgan fingerprint density at radius 3 is 2.45 bits per heavy atom. The van der Waals surface area contributed by atoms with Crippen molar-refractivity contribution in [3.8, 4) is 5.75 Å². The van der Waals surface area contributed by atoms with Crippen molar-refractivity contribution in [3.63, 3.8) is 0 Å². The van der Waals surface area contributed by atoms with Gasteiger partial charge in [-0.05, 0) is 71.7 Å². The van der Waals surface area contributed by atoms with Gasteiger partial charge < -0.3 is 14.9 Å². The van der Waals surface area contributed by atoms with Crippen LogP contribution in [0, 0.1) is 5.92 Å². The second-order valence-electron chi connectivity index (χ2n) is 7.74. The number of unbranched alkanes of at least 4 members (excludes halogenated alkanes) is 1. The summed E-state index contributed by atoms with van der Waals surface area (Å²) >= 11 is 0. The third kappa shape index (κ3) is 7.34. The smallest absolute Gasteiger partial charge is 0.120 e. The predicted octanol–water partition coefficient (Wildman–Crippen LogP) is 6.26. The maximum absolute atomic E-state index is 9.45. The molecule has 2 aromatic carbocycles. The first-order valence-electron chi connectivity index (χ1n) is 10.8. The van der Waals surface area contributed by atoms with Crippen LogP contribution in [0.1, 0.15) is 75.1 Å². The minimum atomic E-state index is -0.0829. The van der Waals surface area contributed by atoms with Gasteiger partial charge in [0.1, 0.15) is 12.4 Å². The lowest BCUT2D eigenvalue weighted by molar-refractivity contribution is 0.259. The molecule has 0 unspecified atom stereocenters. The average Bonchev–Trinajstić information content (AvgIpc) is 2.77. The van der Waals surface area contributed by atoms with E-state index in [2.05, 4.69) is 39.0 Å². The summed E-state index contributed by atoms with van der Waals surface area (Å²) in [4.78, 5) is 0. The maximum atomic E-state index is 9.45. The van der Waals surface area contributed by atoms with E-state index in [1.165, 1.54) is 36.8 Å². The van der Waals surface area contributed by atoms with E-state index in [0.717, 1.165) is 34.8 Å². The molecule has 2 N–H and O–H groups in total. The minimum Gasteiger partial charge on any atom is -0.489 e. The molecule has 0 spiro atoms. The highest BCUT2D eigenvalue weighted by molar-refractivity contribution is 5.64. The maximum Gasteiger partial charge on any atom is 0.120 e. The molecule has 0 bridgehead atoms. The van der Waals surface area contributed by atoms with E-state index in [4.69, 9.17) is 4.74 Å². The summed E-state index contributed by atoms with van der Waals surface area (Å²) < 4.78 is 5.97. The van der Waals surface area contributed by atoms with Crippen LogP contribution in [-0.2, 0) is 19.8 Å². The highest BCUT2D eigenvalue weighted by Gasteiger charge is 2.05. The summed E-state index contributed by atoms with van der Waals surface area (Å²) in [5.74, 6) is 1.70. The molecule has 158 valence electrons. The number of allylic oxidation sites excluding steroid dienone is 2. The summed E-state index contributed by atoms with van der Waals surface area (Å²) in [6.45, 7) is 7.01. The minimum absolute atomic E-state index is 0.0672. The fraction of sp³-hybridized carbons (Fsp3) is 0.462. The lowest BCUT2D eigenvalue weighted by Gasteiger charge is -2.12. The van der Waals surface area contributed by atoms with Crippen LogP contribution in [0.5, 0.6) is 5.75 Å². The summed E-state index contributed by atoms with van der Waals surface area (Å²) in [6.07, 6.45) is 8.57. The predicted molar refractivity (Wildman–Crippen MR) is 121 cm³/mol. The molecule has 0 atom stereocenters. The Morgan fingerprint density at radius 2 is 1.76 bits per heavy atom. The standard InChI is InChI=1S/C26H36O3/c1-4-21(5-2)10-7-6-9-20(3)23-11-8-12-26(16-23)29-19-22-13-14-24(17-27)25(15-22)18-28/h8-9,11-16,21,27-28H,4-7,10,17-19H2,1-3H3/b20-9+. The van der Waals surface area contributed by atoms with E-state index < -0.39 is 0 Å². The zero-order valence-corrected chi connectivity index (χ0v) is 18.2. The van der Waals surface area contributed by atoms with E-state index in [1.54, 1.807) is 0 Å². The van der Waals surface area contributed by atoms with Crippen LogP contribution < -0.4 is 4.74 Å². The van der Waals surface area contributed by atoms with Crippen molar-refractivity contribution in [2.75, 3.05) is 0 Å². The lowest BCUT2D eigenvalue weighted by Crippen LogP contribution is -2.00. The molecule has 0 heterocycles. The molecule has 3 heteroatoms. The molecular weight excluding hydrogens is 360 g/mol. The van der Waals surface area contributed by atoms with Gasteiger partial charge in [0.25, 0.3) is 0 Å². The van der Waals surface area contributed by atoms with Gasteiger partial charge in [-0.15, -0.1) is 0 Å². The van der Waals surface area contributed by atoms with Crippen molar-refractivity contribution >= 4 is 5.57 Å². The molecule has 0 fully saturated rings. The molecule has 0 aromatic heterocycles. The summed E-state index contributed by atoms with van der Waals surface area (Å²) in [5, 5.41) is 18.8. The molecule has 0 aliphatic rings. The number of ether oxygens (including phenoxy) is 1. The number of rotatable bonds is 12. The lowest BCUT2D eigenvalue weighted by atomic mass is 9.96. The van der Waals surface area contributed by atoms with Crippen molar-refractivity contribution in [1.29, 1.82) is 0 Å². The molecule has 2 aromatic rings. The van der Waals surface area contributed by atoms with Gasteiger partial charge in [-0.3, -0.25) is 0 Å². The summed E-state index contributed by atoms with van der Waals surface area (Å²) in [6, 6.07) is 13.9. The number of hydrogen-bond acceptors (Lipinski definition) is 3. The van der Waals surface area contributed by atoms with E-state index in [1.807, 2.05) is 30.3 Å². The van der Waals surface area contributed by atoms with Gasteiger partial charge in [0.05, 0.1) is 13.2 Å². The number of hydrogen-bond donors (Lipinski definition) is 2. The van der Waals surface area contributed by atoms with Crippen LogP contribution in [0.2, 0.25) is 0 Å². The molecule has 0 saturated carbocycles. The molecule has 0 saturated heterocycles. The van der Waals surface area contributed by atoms with Crippen LogP contribution in [-0.4, -0.2) is 10.2 Å². The third-order valence-corrected chi connectivity index (χ3v) is 5.73. The topological polar surface area (TPSA) is 49.7 Å². The molecule has 0 aliphatic heterocycles. The first-order chi connectivity index (χ1) is 14.1. The zero-order valence-electron chi connectivity index (χ0n) is 18.2. The Bertz CT molecular complexity index is 775. The van der Waals surface area contributed by atoms with Gasteiger partial charge in [0, 0.05) is 0 Å². The van der Waals surface area contributed by atoms with Gasteiger partial charge in [0.15, 0.2) is 0 Å². The van der Waals surface area contributed by atoms with Crippen LogP contribution in [0.3, 0.4) is 0 Å². The quantitative estimate of drug-likeness (QED) is 0.416. The van der Waals surface area contributed by atoms with Crippen LogP contribution in [0.15, 0.2) is 48.5 Å².